The molecular formula is C66H51N. The van der Waals surface area contributed by atoms with E-state index < -0.39 is 0 Å². The number of hydrogen-bond acceptors (Lipinski definition) is 1. The Kier molecular flexibility index (Phi) is 8.85. The summed E-state index contributed by atoms with van der Waals surface area (Å²) >= 11 is 0. The maximum Gasteiger partial charge on any atom is 0.0462 e. The molecule has 0 aliphatic heterocycles. The van der Waals surface area contributed by atoms with Crippen molar-refractivity contribution in [2.24, 2.45) is 23.7 Å². The Bertz CT molecular complexity index is 3470. The molecule has 15 rings (SSSR count). The van der Waals surface area contributed by atoms with Gasteiger partial charge in [-0.15, -0.1) is 0 Å². The summed E-state index contributed by atoms with van der Waals surface area (Å²) in [6, 6.07) is 84.1. The Morgan fingerprint density at radius 2 is 0.776 bits per heavy atom. The van der Waals surface area contributed by atoms with Crippen molar-refractivity contribution in [1.82, 2.24) is 0 Å². The summed E-state index contributed by atoms with van der Waals surface area (Å²) in [5.41, 5.74) is 19.7. The second kappa shape index (κ2) is 15.3. The Balaban J connectivity index is 0.849. The van der Waals surface area contributed by atoms with E-state index in [2.05, 4.69) is 229 Å². The Morgan fingerprint density at radius 1 is 0.299 bits per heavy atom. The van der Waals surface area contributed by atoms with E-state index in [1.165, 1.54) is 109 Å². The molecule has 10 aromatic carbocycles. The first-order chi connectivity index (χ1) is 33.2. The molecule has 10 aromatic rings. The zero-order valence-electron chi connectivity index (χ0n) is 37.7. The largest absolute Gasteiger partial charge is 0.311 e. The summed E-state index contributed by atoms with van der Waals surface area (Å²) in [6.07, 6.45) is 7.11. The summed E-state index contributed by atoms with van der Waals surface area (Å²) in [5, 5.41) is 5.07. The lowest BCUT2D eigenvalue weighted by Gasteiger charge is -2.61. The second-order valence-corrected chi connectivity index (χ2v) is 20.1. The van der Waals surface area contributed by atoms with Gasteiger partial charge in [0, 0.05) is 22.5 Å². The normalized spacial score (nSPS) is 20.9. The molecule has 5 aliphatic rings. The minimum Gasteiger partial charge on any atom is -0.311 e. The first kappa shape index (κ1) is 38.8. The van der Waals surface area contributed by atoms with Crippen LogP contribution in [0.4, 0.5) is 17.1 Å². The van der Waals surface area contributed by atoms with E-state index in [1.807, 2.05) is 0 Å². The van der Waals surface area contributed by atoms with E-state index in [0.29, 0.717) is 0 Å². The average molecular weight is 858 g/mol. The van der Waals surface area contributed by atoms with Gasteiger partial charge in [-0.3, -0.25) is 0 Å². The third-order valence-electron chi connectivity index (χ3n) is 16.6. The zero-order chi connectivity index (χ0) is 44.1. The van der Waals surface area contributed by atoms with Gasteiger partial charge in [0.1, 0.15) is 0 Å². The van der Waals surface area contributed by atoms with E-state index in [0.717, 1.165) is 40.7 Å². The van der Waals surface area contributed by atoms with Crippen molar-refractivity contribution in [2.75, 3.05) is 4.90 Å². The molecule has 4 fully saturated rings. The molecule has 67 heavy (non-hydrogen) atoms. The highest BCUT2D eigenvalue weighted by molar-refractivity contribution is 6.01. The number of hydrogen-bond donors (Lipinski definition) is 0. The molecule has 0 saturated heterocycles. The molecule has 0 aromatic heterocycles. The molecule has 320 valence electrons. The van der Waals surface area contributed by atoms with Crippen LogP contribution < -0.4 is 4.90 Å². The van der Waals surface area contributed by atoms with Gasteiger partial charge in [0.05, 0.1) is 0 Å². The fraction of sp³-hybridized carbons (Fsp3) is 0.152. The molecule has 0 heterocycles. The summed E-state index contributed by atoms with van der Waals surface area (Å²) in [4.78, 5) is 2.39. The lowest BCUT2D eigenvalue weighted by molar-refractivity contribution is -0.0399. The third kappa shape index (κ3) is 6.14. The van der Waals surface area contributed by atoms with Crippen LogP contribution in [-0.2, 0) is 5.41 Å². The summed E-state index contributed by atoms with van der Waals surface area (Å²) < 4.78 is 0. The number of anilines is 3. The van der Waals surface area contributed by atoms with Gasteiger partial charge in [-0.05, 0) is 199 Å². The van der Waals surface area contributed by atoms with Crippen LogP contribution in [0.3, 0.4) is 0 Å². The fourth-order valence-corrected chi connectivity index (χ4v) is 14.0. The zero-order valence-corrected chi connectivity index (χ0v) is 37.7. The first-order valence-corrected chi connectivity index (χ1v) is 24.6. The highest BCUT2D eigenvalue weighted by Gasteiger charge is 2.61. The van der Waals surface area contributed by atoms with Gasteiger partial charge in [-0.2, -0.15) is 0 Å². The molecule has 1 spiro atoms. The van der Waals surface area contributed by atoms with Crippen LogP contribution in [-0.4, -0.2) is 0 Å². The van der Waals surface area contributed by atoms with Crippen molar-refractivity contribution >= 4 is 38.6 Å². The number of fused-ring (bicyclic) bond motifs is 5. The SMILES string of the molecule is c1ccc(-c2ccc(N(c3ccc(-c4cccc5ccccc45)cc3)c3ccc(-c4cc(-c5ccc6c(c5)-c5ccccc5C65C6CC7CC(C6)CC5C7)cc5ccccc45)cc3)cc2)cc1. The topological polar surface area (TPSA) is 3.24 Å². The minimum atomic E-state index is 0.185. The van der Waals surface area contributed by atoms with E-state index in [-0.39, 0.29) is 5.41 Å². The molecule has 1 heteroatoms. The number of benzene rings is 10. The van der Waals surface area contributed by atoms with Crippen molar-refractivity contribution < 1.29 is 0 Å². The lowest BCUT2D eigenvalue weighted by Crippen LogP contribution is -2.55. The highest BCUT2D eigenvalue weighted by Crippen LogP contribution is 2.69. The van der Waals surface area contributed by atoms with Crippen LogP contribution in [0.25, 0.3) is 77.2 Å². The van der Waals surface area contributed by atoms with Gasteiger partial charge in [-0.25, -0.2) is 0 Å². The molecule has 0 radical (unpaired) electrons. The Labute approximate surface area is 394 Å². The molecule has 0 unspecified atom stereocenters. The monoisotopic (exact) mass is 857 g/mol. The molecule has 0 amide bonds. The number of nitrogens with zero attached hydrogens (tertiary/aromatic N) is 1. The maximum atomic E-state index is 2.56. The molecule has 0 N–H and O–H groups in total. The smallest absolute Gasteiger partial charge is 0.0462 e. The van der Waals surface area contributed by atoms with E-state index in [4.69, 9.17) is 0 Å². The van der Waals surface area contributed by atoms with E-state index >= 15 is 0 Å². The van der Waals surface area contributed by atoms with Gasteiger partial charge in [-0.1, -0.05) is 170 Å². The van der Waals surface area contributed by atoms with Crippen molar-refractivity contribution in [3.05, 3.63) is 236 Å². The van der Waals surface area contributed by atoms with Crippen LogP contribution in [0.5, 0.6) is 0 Å². The summed E-state index contributed by atoms with van der Waals surface area (Å²) in [5.74, 6) is 3.42. The quantitative estimate of drug-likeness (QED) is 0.154. The van der Waals surface area contributed by atoms with Crippen LogP contribution in [0, 0.1) is 23.7 Å². The first-order valence-electron chi connectivity index (χ1n) is 24.6. The molecule has 1 nitrogen and oxygen atoms in total. The van der Waals surface area contributed by atoms with E-state index in [1.54, 1.807) is 11.1 Å². The molecular weight excluding hydrogens is 807 g/mol. The fourth-order valence-electron chi connectivity index (χ4n) is 14.0. The van der Waals surface area contributed by atoms with Gasteiger partial charge in [0.15, 0.2) is 0 Å². The summed E-state index contributed by atoms with van der Waals surface area (Å²) in [7, 11) is 0. The molecule has 4 bridgehead atoms. The summed E-state index contributed by atoms with van der Waals surface area (Å²) in [6.45, 7) is 0. The maximum absolute atomic E-state index is 2.56. The second-order valence-electron chi connectivity index (χ2n) is 20.1. The van der Waals surface area contributed by atoms with E-state index in [9.17, 15) is 0 Å². The predicted octanol–water partition coefficient (Wildman–Crippen LogP) is 17.9. The molecule has 4 saturated carbocycles. The van der Waals surface area contributed by atoms with Gasteiger partial charge in [0.2, 0.25) is 0 Å². The Morgan fingerprint density at radius 3 is 1.46 bits per heavy atom. The van der Waals surface area contributed by atoms with Crippen LogP contribution in [0.1, 0.15) is 43.2 Å². The standard InChI is InChI=1S/C66H51N/c1-2-11-45(12-3-1)46-21-28-55(29-22-46)67(56-30-23-48(24-31-56)59-19-10-15-47-13-4-6-16-58(47)59)57-32-25-49(26-33-57)62-42-52(40-51-14-5-7-17-60(51)62)50-27-34-65-63(41-50)61-18-8-9-20-64(61)66(65)53-36-43-35-44(38-53)39-54(66)37-43/h1-34,40-44,53-54H,35-39H2. The third-order valence-corrected chi connectivity index (χ3v) is 16.6. The van der Waals surface area contributed by atoms with Crippen molar-refractivity contribution in [2.45, 2.75) is 37.5 Å². The molecule has 5 aliphatic carbocycles. The van der Waals surface area contributed by atoms with Crippen molar-refractivity contribution in [3.8, 4) is 55.6 Å². The van der Waals surface area contributed by atoms with Gasteiger partial charge < -0.3 is 4.90 Å². The van der Waals surface area contributed by atoms with Crippen LogP contribution in [0.2, 0.25) is 0 Å². The Hall–Kier alpha value is -7.48. The minimum absolute atomic E-state index is 0.185. The molecule has 0 atom stereocenters. The lowest BCUT2D eigenvalue weighted by atomic mass is 9.43. The van der Waals surface area contributed by atoms with Crippen LogP contribution >= 0.6 is 0 Å². The van der Waals surface area contributed by atoms with Gasteiger partial charge in [0.25, 0.3) is 0 Å². The van der Waals surface area contributed by atoms with Crippen LogP contribution in [0.15, 0.2) is 224 Å². The van der Waals surface area contributed by atoms with Gasteiger partial charge >= 0.3 is 0 Å². The van der Waals surface area contributed by atoms with Crippen molar-refractivity contribution in [3.63, 3.8) is 0 Å². The predicted molar refractivity (Wildman–Crippen MR) is 281 cm³/mol. The van der Waals surface area contributed by atoms with Crippen molar-refractivity contribution in [1.29, 1.82) is 0 Å². The average Bonchev–Trinajstić information content (AvgIpc) is 3.68. The highest BCUT2D eigenvalue weighted by atomic mass is 15.1. The number of rotatable bonds is 7.